The summed E-state index contributed by atoms with van der Waals surface area (Å²) in [6, 6.07) is 0. The highest BCUT2D eigenvalue weighted by Gasteiger charge is 2.48. The van der Waals surface area contributed by atoms with Crippen molar-refractivity contribution in [3.05, 3.63) is 12.2 Å². The van der Waals surface area contributed by atoms with Gasteiger partial charge in [-0.25, -0.2) is 4.18 Å². The van der Waals surface area contributed by atoms with Gasteiger partial charge in [0.25, 0.3) is 0 Å². The number of allylic oxidation sites excluding steroid dienone is 2. The zero-order chi connectivity index (χ0) is 36.9. The van der Waals surface area contributed by atoms with Crippen molar-refractivity contribution in [2.45, 2.75) is 192 Å². The third-order valence-corrected chi connectivity index (χ3v) is 9.33. The van der Waals surface area contributed by atoms with Crippen molar-refractivity contribution in [3.8, 4) is 0 Å². The van der Waals surface area contributed by atoms with Crippen molar-refractivity contribution in [3.63, 3.8) is 0 Å². The SMILES string of the molecule is CCC/C=C\CCCCCCCC(=O)OC(COCCCCCCCCCCCCCCC)COC1OC(CO)C(O)C(OS(=O)(=O)O)C1O. The Morgan fingerprint density at radius 2 is 1.30 bits per heavy atom. The first-order valence-electron chi connectivity index (χ1n) is 19.4. The Balaban J connectivity index is 2.50. The van der Waals surface area contributed by atoms with Crippen LogP contribution in [0.15, 0.2) is 12.2 Å². The van der Waals surface area contributed by atoms with E-state index in [0.717, 1.165) is 64.2 Å². The number of unbranched alkanes of at least 4 members (excludes halogenated alkanes) is 18. The molecule has 12 nitrogen and oxygen atoms in total. The molecule has 50 heavy (non-hydrogen) atoms. The number of aliphatic hydroxyl groups excluding tert-OH is 3. The first-order chi connectivity index (χ1) is 24.1. The molecule has 0 saturated carbocycles. The molecule has 0 amide bonds. The van der Waals surface area contributed by atoms with Gasteiger partial charge in [-0.05, 0) is 32.1 Å². The summed E-state index contributed by atoms with van der Waals surface area (Å²) in [6.45, 7) is 3.90. The van der Waals surface area contributed by atoms with E-state index in [1.165, 1.54) is 64.2 Å². The maximum absolute atomic E-state index is 12.7. The topological polar surface area (TPSA) is 178 Å². The number of rotatable bonds is 33. The number of carbonyl (C=O) groups excluding carboxylic acids is 1. The van der Waals surface area contributed by atoms with Crippen LogP contribution in [0.1, 0.15) is 155 Å². The van der Waals surface area contributed by atoms with Crippen LogP contribution in [0.25, 0.3) is 0 Å². The Bertz CT molecular complexity index is 947. The monoisotopic (exact) mass is 738 g/mol. The summed E-state index contributed by atoms with van der Waals surface area (Å²) in [7, 11) is -5.05. The number of carbonyl (C=O) groups is 1. The maximum Gasteiger partial charge on any atom is 0.397 e. The van der Waals surface area contributed by atoms with Gasteiger partial charge in [-0.3, -0.25) is 9.35 Å². The molecule has 1 aliphatic heterocycles. The van der Waals surface area contributed by atoms with E-state index in [-0.39, 0.29) is 19.6 Å². The van der Waals surface area contributed by atoms with Crippen LogP contribution in [0, 0.1) is 0 Å². The Kier molecular flexibility index (Phi) is 28.4. The molecule has 6 atom stereocenters. The van der Waals surface area contributed by atoms with E-state index in [1.54, 1.807) is 0 Å². The third-order valence-electron chi connectivity index (χ3n) is 8.87. The molecule has 1 heterocycles. The lowest BCUT2D eigenvalue weighted by atomic mass is 9.99. The second-order valence-electron chi connectivity index (χ2n) is 13.5. The lowest BCUT2D eigenvalue weighted by Crippen LogP contribution is -2.60. The highest BCUT2D eigenvalue weighted by Crippen LogP contribution is 2.26. The first-order valence-corrected chi connectivity index (χ1v) is 20.8. The van der Waals surface area contributed by atoms with Gasteiger partial charge in [-0.1, -0.05) is 129 Å². The molecule has 296 valence electrons. The minimum atomic E-state index is -5.05. The van der Waals surface area contributed by atoms with E-state index in [4.69, 9.17) is 23.5 Å². The number of aliphatic hydroxyl groups is 3. The van der Waals surface area contributed by atoms with Crippen LogP contribution in [0.5, 0.6) is 0 Å². The molecule has 0 bridgehead atoms. The third kappa shape index (κ3) is 24.2. The van der Waals surface area contributed by atoms with Gasteiger partial charge in [0.2, 0.25) is 0 Å². The average Bonchev–Trinajstić information content (AvgIpc) is 3.08. The van der Waals surface area contributed by atoms with Crippen LogP contribution in [-0.4, -0.2) is 97.5 Å². The fraction of sp³-hybridized carbons (Fsp3) is 0.919. The van der Waals surface area contributed by atoms with E-state index in [9.17, 15) is 28.5 Å². The molecule has 6 unspecified atom stereocenters. The van der Waals surface area contributed by atoms with Gasteiger partial charge in [0.05, 0.1) is 19.8 Å². The van der Waals surface area contributed by atoms with Gasteiger partial charge < -0.3 is 34.3 Å². The summed E-state index contributed by atoms with van der Waals surface area (Å²) >= 11 is 0. The Morgan fingerprint density at radius 3 is 1.88 bits per heavy atom. The van der Waals surface area contributed by atoms with E-state index < -0.39 is 59.8 Å². The van der Waals surface area contributed by atoms with Gasteiger partial charge in [-0.2, -0.15) is 8.42 Å². The van der Waals surface area contributed by atoms with Crippen LogP contribution >= 0.6 is 0 Å². The predicted molar refractivity (Wildman–Crippen MR) is 193 cm³/mol. The number of esters is 1. The van der Waals surface area contributed by atoms with Crippen LogP contribution in [-0.2, 0) is 38.3 Å². The van der Waals surface area contributed by atoms with Crippen molar-refractivity contribution < 1.29 is 56.2 Å². The highest BCUT2D eigenvalue weighted by molar-refractivity contribution is 7.80. The molecule has 0 aliphatic carbocycles. The van der Waals surface area contributed by atoms with Crippen LogP contribution in [0.4, 0.5) is 0 Å². The summed E-state index contributed by atoms with van der Waals surface area (Å²) < 4.78 is 58.7. The van der Waals surface area contributed by atoms with E-state index >= 15 is 0 Å². The van der Waals surface area contributed by atoms with Crippen LogP contribution in [0.3, 0.4) is 0 Å². The lowest BCUT2D eigenvalue weighted by Gasteiger charge is -2.41. The fourth-order valence-corrected chi connectivity index (χ4v) is 6.42. The van der Waals surface area contributed by atoms with Crippen LogP contribution in [0.2, 0.25) is 0 Å². The Labute approximate surface area is 302 Å². The van der Waals surface area contributed by atoms with E-state index in [2.05, 4.69) is 30.2 Å². The van der Waals surface area contributed by atoms with Crippen molar-refractivity contribution in [2.24, 2.45) is 0 Å². The molecule has 0 aromatic carbocycles. The molecule has 0 aromatic heterocycles. The normalized spacial score (nSPS) is 21.9. The molecule has 1 aliphatic rings. The fourth-order valence-electron chi connectivity index (χ4n) is 5.91. The van der Waals surface area contributed by atoms with Gasteiger partial charge >= 0.3 is 16.4 Å². The first kappa shape index (κ1) is 46.9. The molecule has 4 N–H and O–H groups in total. The van der Waals surface area contributed by atoms with Gasteiger partial charge in [0.1, 0.15) is 30.5 Å². The highest BCUT2D eigenvalue weighted by atomic mass is 32.3. The molecule has 1 fully saturated rings. The van der Waals surface area contributed by atoms with Crippen molar-refractivity contribution >= 4 is 16.4 Å². The van der Waals surface area contributed by atoms with Crippen molar-refractivity contribution in [2.75, 3.05) is 26.4 Å². The quantitative estimate of drug-likeness (QED) is 0.0242. The molecule has 0 radical (unpaired) electrons. The summed E-state index contributed by atoms with van der Waals surface area (Å²) in [5, 5.41) is 30.5. The summed E-state index contributed by atoms with van der Waals surface area (Å²) in [5.41, 5.74) is 0. The van der Waals surface area contributed by atoms with Gasteiger partial charge in [0.15, 0.2) is 6.29 Å². The molecule has 0 spiro atoms. The van der Waals surface area contributed by atoms with Gasteiger partial charge in [0, 0.05) is 13.0 Å². The van der Waals surface area contributed by atoms with E-state index in [0.29, 0.717) is 13.0 Å². The smallest absolute Gasteiger partial charge is 0.397 e. The zero-order valence-corrected chi connectivity index (χ0v) is 31.8. The second kappa shape index (κ2) is 30.3. The second-order valence-corrected chi connectivity index (χ2v) is 14.6. The Hall–Kier alpha value is -1.16. The molecule has 1 saturated heterocycles. The Morgan fingerprint density at radius 1 is 0.740 bits per heavy atom. The lowest BCUT2D eigenvalue weighted by molar-refractivity contribution is -0.301. The van der Waals surface area contributed by atoms with Crippen molar-refractivity contribution in [1.29, 1.82) is 0 Å². The number of hydrogen-bond acceptors (Lipinski definition) is 11. The zero-order valence-electron chi connectivity index (χ0n) is 31.0. The molecular formula is C37H70O12S. The number of hydrogen-bond donors (Lipinski definition) is 4. The average molecular weight is 739 g/mol. The minimum Gasteiger partial charge on any atom is -0.457 e. The molecule has 1 rings (SSSR count). The summed E-state index contributed by atoms with van der Waals surface area (Å²) in [6.07, 6.45) is 19.7. The molecule has 0 aromatic rings. The number of ether oxygens (including phenoxy) is 4. The predicted octanol–water partition coefficient (Wildman–Crippen LogP) is 6.74. The maximum atomic E-state index is 12.7. The summed E-state index contributed by atoms with van der Waals surface area (Å²) in [5.74, 6) is -0.410. The molecule has 13 heteroatoms. The standard InChI is InChI=1S/C37H70O12S/c1-3-5-7-9-11-13-15-16-17-19-21-23-25-27-45-29-31(47-33(39)26-24-22-20-18-14-12-10-8-6-4-2)30-46-37-35(41)36(49-50(42,43)44)34(40)32(28-38)48-37/h8,10,31-32,34-38,40-41H,3-7,9,11-30H2,1-2H3,(H,42,43,44)/b10-8-. The molecular weight excluding hydrogens is 668 g/mol. The van der Waals surface area contributed by atoms with Gasteiger partial charge in [-0.15, -0.1) is 0 Å². The van der Waals surface area contributed by atoms with E-state index in [1.807, 2.05) is 0 Å². The summed E-state index contributed by atoms with van der Waals surface area (Å²) in [4.78, 5) is 12.7. The minimum absolute atomic E-state index is 0.0371. The largest absolute Gasteiger partial charge is 0.457 e. The van der Waals surface area contributed by atoms with Crippen LogP contribution < -0.4 is 0 Å². The van der Waals surface area contributed by atoms with Crippen molar-refractivity contribution in [1.82, 2.24) is 0 Å².